The SMILES string of the molecule is Cc1cc(C)n2cnc(C(=O)NC3CCC(OC4CCC(C)(C)CC4)CC3)c2n1. The molecule has 2 aliphatic carbocycles. The van der Waals surface area contributed by atoms with E-state index < -0.39 is 0 Å². The van der Waals surface area contributed by atoms with Gasteiger partial charge in [0.05, 0.1) is 12.2 Å². The number of aryl methyl sites for hydroxylation is 2. The van der Waals surface area contributed by atoms with Crippen molar-refractivity contribution in [3.05, 3.63) is 29.5 Å². The van der Waals surface area contributed by atoms with E-state index in [0.717, 1.165) is 37.1 Å². The smallest absolute Gasteiger partial charge is 0.274 e. The molecule has 29 heavy (non-hydrogen) atoms. The monoisotopic (exact) mass is 398 g/mol. The fourth-order valence-electron chi connectivity index (χ4n) is 4.82. The van der Waals surface area contributed by atoms with Crippen molar-refractivity contribution in [3.8, 4) is 0 Å². The maximum atomic E-state index is 12.8. The lowest BCUT2D eigenvalue weighted by Crippen LogP contribution is -2.40. The summed E-state index contributed by atoms with van der Waals surface area (Å²) in [7, 11) is 0. The molecule has 2 saturated carbocycles. The summed E-state index contributed by atoms with van der Waals surface area (Å²) >= 11 is 0. The van der Waals surface area contributed by atoms with Gasteiger partial charge in [-0.05, 0) is 76.7 Å². The van der Waals surface area contributed by atoms with Crippen LogP contribution in [0.5, 0.6) is 0 Å². The van der Waals surface area contributed by atoms with Crippen molar-refractivity contribution >= 4 is 11.6 Å². The lowest BCUT2D eigenvalue weighted by Gasteiger charge is -2.37. The van der Waals surface area contributed by atoms with Crippen molar-refractivity contribution < 1.29 is 9.53 Å². The van der Waals surface area contributed by atoms with E-state index in [4.69, 9.17) is 4.74 Å². The van der Waals surface area contributed by atoms with Crippen LogP contribution in [0.4, 0.5) is 0 Å². The van der Waals surface area contributed by atoms with Crippen molar-refractivity contribution in [2.24, 2.45) is 5.41 Å². The van der Waals surface area contributed by atoms with Crippen molar-refractivity contribution in [3.63, 3.8) is 0 Å². The van der Waals surface area contributed by atoms with E-state index in [-0.39, 0.29) is 11.9 Å². The third-order valence-corrected chi connectivity index (χ3v) is 6.72. The summed E-state index contributed by atoms with van der Waals surface area (Å²) in [6.45, 7) is 8.66. The number of imidazole rings is 1. The topological polar surface area (TPSA) is 68.5 Å². The Labute approximate surface area is 173 Å². The Hall–Kier alpha value is -1.95. The maximum absolute atomic E-state index is 12.8. The molecule has 0 spiro atoms. The van der Waals surface area contributed by atoms with E-state index in [1.807, 2.05) is 24.3 Å². The molecule has 0 aliphatic heterocycles. The summed E-state index contributed by atoms with van der Waals surface area (Å²) in [5, 5.41) is 3.18. The Morgan fingerprint density at radius 1 is 1.10 bits per heavy atom. The molecule has 0 aromatic carbocycles. The highest BCUT2D eigenvalue weighted by atomic mass is 16.5. The van der Waals surface area contributed by atoms with Crippen LogP contribution in [0, 0.1) is 19.3 Å². The van der Waals surface area contributed by atoms with Crippen LogP contribution in [-0.2, 0) is 4.74 Å². The highest BCUT2D eigenvalue weighted by molar-refractivity contribution is 5.98. The number of carbonyl (C=O) groups is 1. The van der Waals surface area contributed by atoms with Gasteiger partial charge in [0.2, 0.25) is 0 Å². The van der Waals surface area contributed by atoms with Gasteiger partial charge in [-0.1, -0.05) is 13.8 Å². The summed E-state index contributed by atoms with van der Waals surface area (Å²) in [6, 6.07) is 2.18. The zero-order chi connectivity index (χ0) is 20.6. The van der Waals surface area contributed by atoms with E-state index in [2.05, 4.69) is 29.1 Å². The molecule has 2 aromatic rings. The second-order valence-electron chi connectivity index (χ2n) is 9.77. The molecule has 6 nitrogen and oxygen atoms in total. The van der Waals surface area contributed by atoms with Gasteiger partial charge in [0.1, 0.15) is 6.33 Å². The lowest BCUT2D eigenvalue weighted by molar-refractivity contribution is -0.0607. The molecule has 4 rings (SSSR count). The predicted molar refractivity (Wildman–Crippen MR) is 113 cm³/mol. The largest absolute Gasteiger partial charge is 0.375 e. The molecule has 158 valence electrons. The second kappa shape index (κ2) is 8.05. The molecule has 0 bridgehead atoms. The third-order valence-electron chi connectivity index (χ3n) is 6.72. The Morgan fingerprint density at radius 3 is 2.45 bits per heavy atom. The van der Waals surface area contributed by atoms with Gasteiger partial charge >= 0.3 is 0 Å². The number of amides is 1. The zero-order valence-corrected chi connectivity index (χ0v) is 18.2. The van der Waals surface area contributed by atoms with Gasteiger partial charge < -0.3 is 10.1 Å². The summed E-state index contributed by atoms with van der Waals surface area (Å²) < 4.78 is 8.27. The normalized spacial score (nSPS) is 25.2. The first-order valence-corrected chi connectivity index (χ1v) is 11.1. The minimum absolute atomic E-state index is 0.121. The molecule has 2 aromatic heterocycles. The molecular weight excluding hydrogens is 364 g/mol. The highest BCUT2D eigenvalue weighted by Crippen LogP contribution is 2.37. The van der Waals surface area contributed by atoms with Crippen LogP contribution in [0.25, 0.3) is 5.65 Å². The molecule has 0 unspecified atom stereocenters. The van der Waals surface area contributed by atoms with E-state index in [1.165, 1.54) is 25.7 Å². The van der Waals surface area contributed by atoms with Crippen molar-refractivity contribution in [1.29, 1.82) is 0 Å². The first kappa shape index (κ1) is 20.3. The molecule has 0 saturated heterocycles. The number of carbonyl (C=O) groups excluding carboxylic acids is 1. The first-order valence-electron chi connectivity index (χ1n) is 11.1. The second-order valence-corrected chi connectivity index (χ2v) is 9.77. The number of aromatic nitrogens is 3. The lowest BCUT2D eigenvalue weighted by atomic mass is 9.76. The maximum Gasteiger partial charge on any atom is 0.274 e. The molecule has 0 atom stereocenters. The molecule has 1 N–H and O–H groups in total. The number of rotatable bonds is 4. The number of hydrogen-bond acceptors (Lipinski definition) is 4. The molecule has 2 aliphatic rings. The minimum atomic E-state index is -0.121. The van der Waals surface area contributed by atoms with E-state index in [1.54, 1.807) is 6.33 Å². The van der Waals surface area contributed by atoms with Gasteiger partial charge in [-0.3, -0.25) is 9.20 Å². The van der Waals surface area contributed by atoms with Crippen LogP contribution in [0.3, 0.4) is 0 Å². The molecule has 0 radical (unpaired) electrons. The minimum Gasteiger partial charge on any atom is -0.375 e. The average Bonchev–Trinajstić information content (AvgIpc) is 3.09. The van der Waals surface area contributed by atoms with Crippen molar-refractivity contribution in [1.82, 2.24) is 19.7 Å². The zero-order valence-electron chi connectivity index (χ0n) is 18.2. The summed E-state index contributed by atoms with van der Waals surface area (Å²) in [6.07, 6.45) is 11.3. The molecular formula is C23H34N4O2. The average molecular weight is 399 g/mol. The molecule has 2 fully saturated rings. The predicted octanol–water partition coefficient (Wildman–Crippen LogP) is 4.37. The fourth-order valence-corrected chi connectivity index (χ4v) is 4.82. The van der Waals surface area contributed by atoms with Crippen LogP contribution in [0.1, 0.15) is 87.1 Å². The summed E-state index contributed by atoms with van der Waals surface area (Å²) in [5.41, 5.74) is 3.46. The van der Waals surface area contributed by atoms with E-state index in [0.29, 0.717) is 29.0 Å². The van der Waals surface area contributed by atoms with Crippen LogP contribution in [-0.4, -0.2) is 38.5 Å². The third kappa shape index (κ3) is 4.63. The Morgan fingerprint density at radius 2 is 1.76 bits per heavy atom. The quantitative estimate of drug-likeness (QED) is 0.830. The van der Waals surface area contributed by atoms with E-state index >= 15 is 0 Å². The molecule has 2 heterocycles. The molecule has 6 heteroatoms. The van der Waals surface area contributed by atoms with Gasteiger partial charge in [0.25, 0.3) is 5.91 Å². The standard InChI is InChI=1S/C23H34N4O2/c1-15-13-16(2)27-14-24-20(21(27)25-15)22(28)26-17-5-7-18(8-6-17)29-19-9-11-23(3,4)12-10-19/h13-14,17-19H,5-12H2,1-4H3,(H,26,28). The van der Waals surface area contributed by atoms with Gasteiger partial charge in [-0.2, -0.15) is 0 Å². The van der Waals surface area contributed by atoms with Gasteiger partial charge in [-0.15, -0.1) is 0 Å². The number of fused-ring (bicyclic) bond motifs is 1. The number of ether oxygens (including phenoxy) is 1. The van der Waals surface area contributed by atoms with Crippen molar-refractivity contribution in [2.45, 2.75) is 97.3 Å². The fraction of sp³-hybridized carbons (Fsp3) is 0.696. The van der Waals surface area contributed by atoms with Crippen LogP contribution in [0.2, 0.25) is 0 Å². The number of hydrogen-bond donors (Lipinski definition) is 1. The highest BCUT2D eigenvalue weighted by Gasteiger charge is 2.31. The number of nitrogens with one attached hydrogen (secondary N) is 1. The van der Waals surface area contributed by atoms with Crippen LogP contribution < -0.4 is 5.32 Å². The first-order chi connectivity index (χ1) is 13.8. The van der Waals surface area contributed by atoms with Gasteiger partial charge in [-0.25, -0.2) is 9.97 Å². The summed E-state index contributed by atoms with van der Waals surface area (Å²) in [4.78, 5) is 21.7. The van der Waals surface area contributed by atoms with Crippen LogP contribution >= 0.6 is 0 Å². The van der Waals surface area contributed by atoms with Gasteiger partial charge in [0, 0.05) is 17.4 Å². The Kier molecular flexibility index (Phi) is 5.65. The van der Waals surface area contributed by atoms with E-state index in [9.17, 15) is 4.79 Å². The number of nitrogens with zero attached hydrogens (tertiary/aromatic N) is 3. The summed E-state index contributed by atoms with van der Waals surface area (Å²) in [5.74, 6) is -0.121. The van der Waals surface area contributed by atoms with Crippen LogP contribution in [0.15, 0.2) is 12.4 Å². The molecule has 1 amide bonds. The van der Waals surface area contributed by atoms with Gasteiger partial charge in [0.15, 0.2) is 11.3 Å². The Balaban J connectivity index is 1.29. The van der Waals surface area contributed by atoms with Crippen molar-refractivity contribution in [2.75, 3.05) is 0 Å². The Bertz CT molecular complexity index is 870.